The normalized spacial score (nSPS) is 47.1. The summed E-state index contributed by atoms with van der Waals surface area (Å²) < 4.78 is 1.74. The number of allylic oxidation sites excluding steroid dienone is 3. The van der Waals surface area contributed by atoms with Crippen LogP contribution in [0, 0.1) is 92.2 Å². The number of imidazole rings is 1. The lowest BCUT2D eigenvalue weighted by Crippen LogP contribution is -2.72. The van der Waals surface area contributed by atoms with Gasteiger partial charge in [-0.15, -0.1) is 0 Å². The third-order valence-electron chi connectivity index (χ3n) is 27.7. The van der Waals surface area contributed by atoms with Crippen molar-refractivity contribution >= 4 is 33.3 Å². The Kier molecular flexibility index (Phi) is 15.8. The summed E-state index contributed by atoms with van der Waals surface area (Å²) in [6.45, 7) is 6.82. The number of rotatable bonds is 8. The highest BCUT2D eigenvalue weighted by molar-refractivity contribution is 8.77. The van der Waals surface area contributed by atoms with Gasteiger partial charge in [-0.2, -0.15) is 0 Å². The molecule has 14 nitrogen and oxygen atoms in total. The zero-order chi connectivity index (χ0) is 59.2. The molecule has 16 heteroatoms. The van der Waals surface area contributed by atoms with Crippen LogP contribution < -0.4 is 16.4 Å². The van der Waals surface area contributed by atoms with Crippen LogP contribution in [0.1, 0.15) is 194 Å². The van der Waals surface area contributed by atoms with E-state index in [0.717, 1.165) is 102 Å². The summed E-state index contributed by atoms with van der Waals surface area (Å²) in [6, 6.07) is 0.0721. The predicted octanol–water partition coefficient (Wildman–Crippen LogP) is 9.33. The maximum Gasteiger partial charge on any atom is 0.190 e. The standard InChI is InChI=1S/C69H104N6O8S2/c1-39(77)74-62(70)73-34-41-30-66(37-76)49-29-53(69(66,83)50-28-51(79)58-48(35-71-4)60(81)52(80)33-67(58,56(41)50)42-14-6-5-7-15-42)68(23-12-22-65(68)24-18-44(78)32-65)85-84-36-43(75-26-25-72-38-75)31-63(2,3)59-46-17-11-21-64(19-8-9-20-64)57(46)45-16-10-13-40-27-47(49)61(82)55(59)54(40)45/h25-26,28,38-44,47-49,52-53,55-58,60-61,71,76-78,80-83H,5-24,27,29-37H2,1-4H3,(H3,70,73,74)/t39-,40-,41+,43-,44-,47+,48-,49-,52+,53-,55-,56+,57-,58+,60-,61+,65-,66+,67+,68+,69+/m1/s1. The molecule has 0 radical (unpaired) electrons. The lowest BCUT2D eigenvalue weighted by molar-refractivity contribution is -0.215. The van der Waals surface area contributed by atoms with Crippen molar-refractivity contribution in [3.8, 4) is 0 Å². The molecule has 1 aromatic rings. The van der Waals surface area contributed by atoms with Gasteiger partial charge in [-0.1, -0.05) is 96.3 Å². The summed E-state index contributed by atoms with van der Waals surface area (Å²) in [6.07, 6.45) is 27.8. The SMILES string of the molecule is CNC[C@H]1[C@@H](O)[C@@H](O)C[C@]2(C3CCCCC3)[C@@H]3C(=CC(=O)[C@H]12)[C@]1(O)[C@@H]2C[C@H]([C@@H]4C[C@H]5CCCC6=C5[C@H](C(=C5CCCC7(CCCC7)[C@H]65)C(C)(C)C[C@@H](n5ccnc5)CSS[C@@]25CCC[C@]52CC[C@@H](O)C2)[C@H]4O)[C@@]1(CO)C[C@H]3CN=C(N)N[C@@H](C)O. The molecule has 3 spiro atoms. The Bertz CT molecular complexity index is 2830. The number of guanidine groups is 1. The number of ketones is 1. The number of nitrogens with zero attached hydrogens (tertiary/aromatic N) is 3. The lowest BCUT2D eigenvalue weighted by Gasteiger charge is -2.68. The second kappa shape index (κ2) is 22.3. The Hall–Kier alpha value is -2.25. The molecule has 13 aliphatic rings. The third kappa shape index (κ3) is 8.82. The fourth-order valence-electron chi connectivity index (χ4n) is 25.3. The zero-order valence-electron chi connectivity index (χ0n) is 51.6. The van der Waals surface area contributed by atoms with E-state index in [1.165, 1.54) is 44.1 Å². The highest BCUT2D eigenvalue weighted by Crippen LogP contribution is 2.81. The van der Waals surface area contributed by atoms with E-state index >= 15 is 9.90 Å². The molecule has 85 heavy (non-hydrogen) atoms. The van der Waals surface area contributed by atoms with E-state index in [9.17, 15) is 30.6 Å². The topological polar surface area (TPSA) is 239 Å². The first-order chi connectivity index (χ1) is 40.8. The number of hydrogen-bond donors (Lipinski definition) is 10. The van der Waals surface area contributed by atoms with E-state index < -0.39 is 75.5 Å². The van der Waals surface area contributed by atoms with Gasteiger partial charge >= 0.3 is 0 Å². The minimum Gasteiger partial charge on any atom is -0.396 e. The summed E-state index contributed by atoms with van der Waals surface area (Å²) in [5.74, 6) is -1.99. The van der Waals surface area contributed by atoms with Crippen LogP contribution in [0.5, 0.6) is 0 Å². The number of aliphatic hydroxyl groups excluding tert-OH is 6. The molecule has 0 aromatic carbocycles. The molecule has 0 amide bonds. The second-order valence-electron chi connectivity index (χ2n) is 31.6. The summed E-state index contributed by atoms with van der Waals surface area (Å²) in [5, 5.41) is 97.9. The monoisotopic (exact) mass is 1210 g/mol. The molecule has 2 heterocycles. The van der Waals surface area contributed by atoms with Crippen molar-refractivity contribution in [1.82, 2.24) is 20.2 Å². The number of carbonyl (C=O) groups is 1. The van der Waals surface area contributed by atoms with Gasteiger partial charge in [0.1, 0.15) is 6.23 Å². The van der Waals surface area contributed by atoms with Crippen LogP contribution in [0.2, 0.25) is 0 Å². The maximum atomic E-state index is 16.4. The molecule has 4 bridgehead atoms. The molecular weight excluding hydrogens is 1100 g/mol. The molecule has 12 aliphatic carbocycles. The molecule has 14 rings (SSSR count). The van der Waals surface area contributed by atoms with E-state index in [0.29, 0.717) is 43.7 Å². The second-order valence-corrected chi connectivity index (χ2v) is 34.3. The number of aromatic nitrogens is 2. The summed E-state index contributed by atoms with van der Waals surface area (Å²) in [7, 11) is 5.77. The fourth-order valence-corrected chi connectivity index (χ4v) is 29.5. The molecule has 9 saturated carbocycles. The molecular formula is C69H104N6O8S2. The molecule has 1 aliphatic heterocycles. The first-order valence-electron chi connectivity index (χ1n) is 34.3. The van der Waals surface area contributed by atoms with Crippen LogP contribution in [0.4, 0.5) is 0 Å². The number of nitrogens with two attached hydrogens (primary N) is 1. The van der Waals surface area contributed by atoms with Crippen LogP contribution >= 0.6 is 21.6 Å². The number of aliphatic imine (C=N–C) groups is 1. The first kappa shape index (κ1) is 60.3. The van der Waals surface area contributed by atoms with Crippen LogP contribution in [0.25, 0.3) is 0 Å². The van der Waals surface area contributed by atoms with Gasteiger partial charge in [-0.25, -0.2) is 4.98 Å². The van der Waals surface area contributed by atoms with Crippen molar-refractivity contribution in [2.75, 3.05) is 32.5 Å². The summed E-state index contributed by atoms with van der Waals surface area (Å²) >= 11 is 0. The predicted molar refractivity (Wildman–Crippen MR) is 334 cm³/mol. The van der Waals surface area contributed by atoms with Crippen LogP contribution in [-0.2, 0) is 4.79 Å². The molecule has 11 N–H and O–H groups in total. The van der Waals surface area contributed by atoms with Gasteiger partial charge in [-0.3, -0.25) is 9.79 Å². The van der Waals surface area contributed by atoms with Crippen molar-refractivity contribution in [1.29, 1.82) is 0 Å². The van der Waals surface area contributed by atoms with Gasteiger partial charge in [0.25, 0.3) is 0 Å². The summed E-state index contributed by atoms with van der Waals surface area (Å²) in [5.41, 5.74) is 9.48. The number of carbonyl (C=O) groups excluding carboxylic acids is 1. The number of hydrogen-bond acceptors (Lipinski definition) is 13. The van der Waals surface area contributed by atoms with Crippen molar-refractivity contribution < 1.29 is 40.5 Å². The minimum absolute atomic E-state index is 0.00641. The Labute approximate surface area is 514 Å². The molecule has 10 fully saturated rings. The Morgan fingerprint density at radius 2 is 1.66 bits per heavy atom. The minimum atomic E-state index is -1.77. The van der Waals surface area contributed by atoms with E-state index in [1.807, 2.05) is 47.2 Å². The van der Waals surface area contributed by atoms with Crippen LogP contribution in [-0.4, -0.2) is 131 Å². The van der Waals surface area contributed by atoms with Crippen molar-refractivity contribution in [3.05, 3.63) is 52.7 Å². The van der Waals surface area contributed by atoms with E-state index in [2.05, 4.69) is 35.2 Å². The molecule has 1 aromatic heterocycles. The van der Waals surface area contributed by atoms with Crippen molar-refractivity contribution in [2.24, 2.45) is 103 Å². The van der Waals surface area contributed by atoms with E-state index in [4.69, 9.17) is 15.7 Å². The van der Waals surface area contributed by atoms with Gasteiger partial charge in [0, 0.05) is 77.0 Å². The smallest absolute Gasteiger partial charge is 0.190 e. The van der Waals surface area contributed by atoms with Crippen LogP contribution in [0.15, 0.2) is 57.7 Å². The molecule has 1 saturated heterocycles. The largest absolute Gasteiger partial charge is 0.396 e. The number of aliphatic hydroxyl groups is 7. The highest BCUT2D eigenvalue weighted by atomic mass is 33.1. The van der Waals surface area contributed by atoms with Gasteiger partial charge < -0.3 is 56.7 Å². The number of fused-ring (bicyclic) bond motifs is 16. The molecule has 0 unspecified atom stereocenters. The van der Waals surface area contributed by atoms with Crippen LogP contribution in [0.3, 0.4) is 0 Å². The lowest BCUT2D eigenvalue weighted by atomic mass is 9.37. The van der Waals surface area contributed by atoms with Gasteiger partial charge in [0.2, 0.25) is 0 Å². The van der Waals surface area contributed by atoms with Gasteiger partial charge in [0.15, 0.2) is 11.7 Å². The quantitative estimate of drug-likeness (QED) is 0.0384. The Morgan fingerprint density at radius 1 is 0.882 bits per heavy atom. The van der Waals surface area contributed by atoms with Gasteiger partial charge in [0.05, 0.1) is 43.0 Å². The maximum absolute atomic E-state index is 16.4. The van der Waals surface area contributed by atoms with Crippen molar-refractivity contribution in [3.63, 3.8) is 0 Å². The Morgan fingerprint density at radius 3 is 2.38 bits per heavy atom. The zero-order valence-corrected chi connectivity index (χ0v) is 53.2. The molecule has 470 valence electrons. The summed E-state index contributed by atoms with van der Waals surface area (Å²) in [4.78, 5) is 26.2. The Balaban J connectivity index is 1.03. The van der Waals surface area contributed by atoms with E-state index in [-0.39, 0.29) is 89.1 Å². The third-order valence-corrected chi connectivity index (χ3v) is 31.2. The number of nitrogens with one attached hydrogen (secondary N) is 2. The fraction of sp³-hybridized carbons (Fsp3) is 0.841. The van der Waals surface area contributed by atoms with Gasteiger partial charge in [-0.05, 0) is 211 Å². The first-order valence-corrected chi connectivity index (χ1v) is 36.6. The molecule has 21 atom stereocenters. The van der Waals surface area contributed by atoms with E-state index in [1.54, 1.807) is 23.6 Å². The average molecular weight is 1210 g/mol. The van der Waals surface area contributed by atoms with Crippen molar-refractivity contribution in [2.45, 2.75) is 235 Å². The highest BCUT2D eigenvalue weighted by Gasteiger charge is 2.81. The average Bonchev–Trinajstić information content (AvgIpc) is 1.65.